The van der Waals surface area contributed by atoms with Crippen LogP contribution in [0.25, 0.3) is 0 Å². The van der Waals surface area contributed by atoms with Gasteiger partial charge in [-0.1, -0.05) is 11.6 Å². The zero-order valence-corrected chi connectivity index (χ0v) is 10.1. The van der Waals surface area contributed by atoms with Crippen molar-refractivity contribution in [3.05, 3.63) is 41.2 Å². The van der Waals surface area contributed by atoms with E-state index in [1.165, 1.54) is 6.20 Å². The second-order valence-electron chi connectivity index (χ2n) is 4.04. The molecule has 2 N–H and O–H groups in total. The Morgan fingerprint density at radius 2 is 2.44 bits per heavy atom. The third-order valence-electron chi connectivity index (χ3n) is 2.76. The summed E-state index contributed by atoms with van der Waals surface area (Å²) in [6.45, 7) is 0. The number of halogens is 1. The number of carbonyl (C=O) groups excluding carboxylic acids is 1. The minimum Gasteiger partial charge on any atom is -0.480 e. The number of aromatic amines is 1. The molecular weight excluding hydrogens is 254 g/mol. The van der Waals surface area contributed by atoms with E-state index in [-0.39, 0.29) is 5.91 Å². The first kappa shape index (κ1) is 11.1. The van der Waals surface area contributed by atoms with Crippen LogP contribution in [0.5, 0.6) is 5.75 Å². The molecule has 0 fully saturated rings. The number of anilines is 1. The van der Waals surface area contributed by atoms with Gasteiger partial charge in [0.25, 0.3) is 5.91 Å². The van der Waals surface area contributed by atoms with Gasteiger partial charge in [-0.05, 0) is 23.8 Å². The zero-order valence-electron chi connectivity index (χ0n) is 9.31. The van der Waals surface area contributed by atoms with Crippen LogP contribution in [0.2, 0.25) is 5.02 Å². The Balaban J connectivity index is 1.72. The van der Waals surface area contributed by atoms with Crippen molar-refractivity contribution in [1.29, 1.82) is 0 Å². The minimum atomic E-state index is -0.520. The number of carbonyl (C=O) groups is 1. The van der Waals surface area contributed by atoms with Crippen LogP contribution in [-0.2, 0) is 11.2 Å². The number of fused-ring (bicyclic) bond motifs is 1. The number of ether oxygens (including phenoxy) is 1. The smallest absolute Gasteiger partial charge is 0.265 e. The fourth-order valence-corrected chi connectivity index (χ4v) is 2.10. The first-order chi connectivity index (χ1) is 8.72. The first-order valence-corrected chi connectivity index (χ1v) is 5.85. The number of rotatable bonds is 2. The molecule has 0 saturated carbocycles. The molecule has 6 heteroatoms. The van der Waals surface area contributed by atoms with E-state index in [1.54, 1.807) is 18.3 Å². The lowest BCUT2D eigenvalue weighted by molar-refractivity contribution is -0.122. The topological polar surface area (TPSA) is 67.0 Å². The SMILES string of the molecule is O=C(Nc1cn[nH]c1)[C@H]1Cc2cc(Cl)ccc2O1. The molecule has 0 spiro atoms. The van der Waals surface area contributed by atoms with Crippen LogP contribution in [0, 0.1) is 0 Å². The van der Waals surface area contributed by atoms with Crippen molar-refractivity contribution < 1.29 is 9.53 Å². The maximum atomic E-state index is 12.0. The summed E-state index contributed by atoms with van der Waals surface area (Å²) in [6.07, 6.45) is 3.15. The van der Waals surface area contributed by atoms with E-state index in [2.05, 4.69) is 15.5 Å². The lowest BCUT2D eigenvalue weighted by Crippen LogP contribution is -2.31. The minimum absolute atomic E-state index is 0.191. The molecule has 2 aromatic rings. The molecular formula is C12H10ClN3O2. The van der Waals surface area contributed by atoms with Gasteiger partial charge >= 0.3 is 0 Å². The van der Waals surface area contributed by atoms with Crippen LogP contribution in [-0.4, -0.2) is 22.2 Å². The quantitative estimate of drug-likeness (QED) is 0.871. The van der Waals surface area contributed by atoms with Gasteiger partial charge in [-0.3, -0.25) is 9.89 Å². The molecule has 0 bridgehead atoms. The highest BCUT2D eigenvalue weighted by Gasteiger charge is 2.29. The molecule has 1 aromatic heterocycles. The lowest BCUT2D eigenvalue weighted by atomic mass is 10.1. The number of aromatic nitrogens is 2. The first-order valence-electron chi connectivity index (χ1n) is 5.47. The molecule has 3 rings (SSSR count). The van der Waals surface area contributed by atoms with Gasteiger partial charge in [0.1, 0.15) is 5.75 Å². The van der Waals surface area contributed by atoms with Gasteiger partial charge in [0.05, 0.1) is 11.9 Å². The predicted octanol–water partition coefficient (Wildman–Crippen LogP) is 2.01. The summed E-state index contributed by atoms with van der Waals surface area (Å²) in [6, 6.07) is 5.35. The van der Waals surface area contributed by atoms with Gasteiger partial charge in [-0.2, -0.15) is 5.10 Å². The Bertz CT molecular complexity index is 583. The van der Waals surface area contributed by atoms with Crippen molar-refractivity contribution in [3.63, 3.8) is 0 Å². The van der Waals surface area contributed by atoms with Crippen molar-refractivity contribution in [2.45, 2.75) is 12.5 Å². The van der Waals surface area contributed by atoms with Gasteiger partial charge in [0, 0.05) is 17.6 Å². The van der Waals surface area contributed by atoms with E-state index < -0.39 is 6.10 Å². The average molecular weight is 264 g/mol. The second kappa shape index (κ2) is 4.34. The van der Waals surface area contributed by atoms with E-state index in [1.807, 2.05) is 6.07 Å². The lowest BCUT2D eigenvalue weighted by Gasteiger charge is -2.09. The molecule has 2 heterocycles. The summed E-state index contributed by atoms with van der Waals surface area (Å²) in [7, 11) is 0. The molecule has 0 unspecified atom stereocenters. The highest BCUT2D eigenvalue weighted by molar-refractivity contribution is 6.30. The van der Waals surface area contributed by atoms with Crippen LogP contribution in [0.15, 0.2) is 30.6 Å². The van der Waals surface area contributed by atoms with Crippen molar-refractivity contribution >= 4 is 23.2 Å². The standard InChI is InChI=1S/C12H10ClN3O2/c13-8-1-2-10-7(3-8)4-11(18-10)12(17)16-9-5-14-15-6-9/h1-3,5-6,11H,4H2,(H,14,15)(H,16,17)/t11-/m1/s1. The van der Waals surface area contributed by atoms with Crippen LogP contribution >= 0.6 is 11.6 Å². The highest BCUT2D eigenvalue weighted by atomic mass is 35.5. The molecule has 1 aromatic carbocycles. The van der Waals surface area contributed by atoms with Crippen molar-refractivity contribution in [2.24, 2.45) is 0 Å². The Labute approximate surface area is 108 Å². The summed E-state index contributed by atoms with van der Waals surface area (Å²) >= 11 is 5.90. The van der Waals surface area contributed by atoms with E-state index >= 15 is 0 Å². The average Bonchev–Trinajstić information content (AvgIpc) is 2.96. The summed E-state index contributed by atoms with van der Waals surface area (Å²) < 4.78 is 5.57. The Morgan fingerprint density at radius 1 is 1.56 bits per heavy atom. The molecule has 1 atom stereocenters. The number of hydrogen-bond acceptors (Lipinski definition) is 3. The van der Waals surface area contributed by atoms with Crippen LogP contribution in [0.3, 0.4) is 0 Å². The number of amides is 1. The summed E-state index contributed by atoms with van der Waals surface area (Å²) in [5, 5.41) is 9.75. The Morgan fingerprint density at radius 3 is 3.22 bits per heavy atom. The van der Waals surface area contributed by atoms with E-state index in [9.17, 15) is 4.79 Å². The molecule has 92 valence electrons. The van der Waals surface area contributed by atoms with E-state index in [4.69, 9.17) is 16.3 Å². The fourth-order valence-electron chi connectivity index (χ4n) is 1.91. The van der Waals surface area contributed by atoms with Gasteiger partial charge in [-0.25, -0.2) is 0 Å². The molecule has 5 nitrogen and oxygen atoms in total. The van der Waals surface area contributed by atoms with Crippen molar-refractivity contribution in [2.75, 3.05) is 5.32 Å². The number of H-pyrrole nitrogens is 1. The normalized spacial score (nSPS) is 17.1. The molecule has 1 aliphatic heterocycles. The van der Waals surface area contributed by atoms with Crippen LogP contribution in [0.4, 0.5) is 5.69 Å². The van der Waals surface area contributed by atoms with Crippen LogP contribution < -0.4 is 10.1 Å². The largest absolute Gasteiger partial charge is 0.480 e. The van der Waals surface area contributed by atoms with Gasteiger partial charge in [-0.15, -0.1) is 0 Å². The molecule has 0 aliphatic carbocycles. The Kier molecular flexibility index (Phi) is 2.68. The van der Waals surface area contributed by atoms with Crippen molar-refractivity contribution in [3.8, 4) is 5.75 Å². The van der Waals surface area contributed by atoms with Gasteiger partial charge in [0.2, 0.25) is 0 Å². The third-order valence-corrected chi connectivity index (χ3v) is 2.99. The zero-order chi connectivity index (χ0) is 12.5. The molecule has 18 heavy (non-hydrogen) atoms. The Hall–Kier alpha value is -2.01. The summed E-state index contributed by atoms with van der Waals surface area (Å²) in [5.41, 5.74) is 1.58. The summed E-state index contributed by atoms with van der Waals surface area (Å²) in [4.78, 5) is 12.0. The molecule has 0 saturated heterocycles. The van der Waals surface area contributed by atoms with E-state index in [0.717, 1.165) is 5.56 Å². The van der Waals surface area contributed by atoms with Crippen molar-refractivity contribution in [1.82, 2.24) is 10.2 Å². The molecule has 1 aliphatic rings. The molecule has 1 amide bonds. The fraction of sp³-hybridized carbons (Fsp3) is 0.167. The van der Waals surface area contributed by atoms with E-state index in [0.29, 0.717) is 22.9 Å². The maximum Gasteiger partial charge on any atom is 0.265 e. The van der Waals surface area contributed by atoms with Crippen LogP contribution in [0.1, 0.15) is 5.56 Å². The monoisotopic (exact) mass is 263 g/mol. The maximum absolute atomic E-state index is 12.0. The highest BCUT2D eigenvalue weighted by Crippen LogP contribution is 2.31. The number of hydrogen-bond donors (Lipinski definition) is 2. The summed E-state index contributed by atoms with van der Waals surface area (Å²) in [5.74, 6) is 0.524. The number of nitrogens with one attached hydrogen (secondary N) is 2. The van der Waals surface area contributed by atoms with Gasteiger partial charge < -0.3 is 10.1 Å². The second-order valence-corrected chi connectivity index (χ2v) is 4.48. The predicted molar refractivity (Wildman–Crippen MR) is 66.8 cm³/mol. The molecule has 0 radical (unpaired) electrons. The number of benzene rings is 1. The third kappa shape index (κ3) is 2.04. The van der Waals surface area contributed by atoms with Gasteiger partial charge in [0.15, 0.2) is 6.10 Å². The number of nitrogens with zero attached hydrogens (tertiary/aromatic N) is 1.